The number of rotatable bonds is 0. The van der Waals surface area contributed by atoms with Crippen molar-refractivity contribution in [1.29, 1.82) is 0 Å². The normalized spacial score (nSPS) is 12.1. The van der Waals surface area contributed by atoms with E-state index in [1.165, 1.54) is 25.6 Å². The molecule has 1 nitrogen and oxygen atoms in total. The van der Waals surface area contributed by atoms with E-state index in [2.05, 4.69) is 68.3 Å². The van der Waals surface area contributed by atoms with Gasteiger partial charge in [0.25, 0.3) is 0 Å². The lowest BCUT2D eigenvalue weighted by Gasteiger charge is -1.94. The smallest absolute Gasteiger partial charge is 0.136 e. The van der Waals surface area contributed by atoms with Gasteiger partial charge in [0.2, 0.25) is 0 Å². The summed E-state index contributed by atoms with van der Waals surface area (Å²) in [6.07, 6.45) is 0. The largest absolute Gasteiger partial charge is 0.456 e. The second kappa shape index (κ2) is 4.57. The number of hydrogen-bond donors (Lipinski definition) is 0. The summed E-state index contributed by atoms with van der Waals surface area (Å²) in [5, 5.41) is 4.86. The summed E-state index contributed by atoms with van der Waals surface area (Å²) in [7, 11) is 0. The van der Waals surface area contributed by atoms with Crippen molar-refractivity contribution in [3.63, 3.8) is 0 Å². The van der Waals surface area contributed by atoms with E-state index in [1.807, 2.05) is 23.5 Å². The topological polar surface area (TPSA) is 13.1 Å². The van der Waals surface area contributed by atoms with Crippen LogP contribution in [0.5, 0.6) is 0 Å². The first-order valence-corrected chi connectivity index (χ1v) is 9.23. The lowest BCUT2D eigenvalue weighted by molar-refractivity contribution is 0.669. The Hall–Kier alpha value is -1.36. The third-order valence-corrected chi connectivity index (χ3v) is 6.11. The Morgan fingerprint density at radius 1 is 0.636 bits per heavy atom. The monoisotopic (exact) mass is 430 g/mol. The Morgan fingerprint density at radius 2 is 1.32 bits per heavy atom. The number of furan rings is 1. The van der Waals surface area contributed by atoms with Crippen LogP contribution in [0, 0.1) is 0 Å². The summed E-state index contributed by atoms with van der Waals surface area (Å²) >= 11 is 8.94. The molecule has 0 saturated carbocycles. The van der Waals surface area contributed by atoms with Crippen molar-refractivity contribution in [2.45, 2.75) is 0 Å². The molecule has 106 valence electrons. The van der Waals surface area contributed by atoms with Crippen LogP contribution in [0.2, 0.25) is 0 Å². The molecule has 22 heavy (non-hydrogen) atoms. The van der Waals surface area contributed by atoms with E-state index in [0.29, 0.717) is 0 Å². The van der Waals surface area contributed by atoms with Gasteiger partial charge >= 0.3 is 0 Å². The van der Waals surface area contributed by atoms with Crippen LogP contribution in [0.4, 0.5) is 0 Å². The van der Waals surface area contributed by atoms with Gasteiger partial charge in [0.1, 0.15) is 11.2 Å². The number of thiophene rings is 1. The summed E-state index contributed by atoms with van der Waals surface area (Å²) < 4.78 is 10.8. The highest BCUT2D eigenvalue weighted by Crippen LogP contribution is 2.40. The standard InChI is InChI=1S/C18H8Br2OS/c19-9-1-3-15-11(5-9)12-8-18-14(7-16(12)21-15)13-6-10(20)2-4-17(13)22-18/h1-8H. The predicted octanol–water partition coefficient (Wildman–Crippen LogP) is 7.48. The fourth-order valence-electron chi connectivity index (χ4n) is 2.99. The van der Waals surface area contributed by atoms with Gasteiger partial charge in [-0.3, -0.25) is 0 Å². The molecule has 2 aromatic heterocycles. The zero-order valence-electron chi connectivity index (χ0n) is 11.2. The van der Waals surface area contributed by atoms with E-state index >= 15 is 0 Å². The SMILES string of the molecule is Brc1ccc2oc3cc4c(cc3c2c1)sc1ccc(Br)cc14. The molecule has 0 radical (unpaired) electrons. The number of benzene rings is 3. The molecule has 0 spiro atoms. The minimum Gasteiger partial charge on any atom is -0.456 e. The molecule has 0 aliphatic rings. The van der Waals surface area contributed by atoms with E-state index < -0.39 is 0 Å². The summed E-state index contributed by atoms with van der Waals surface area (Å²) in [4.78, 5) is 0. The Kier molecular flexibility index (Phi) is 2.72. The van der Waals surface area contributed by atoms with Crippen LogP contribution in [-0.4, -0.2) is 0 Å². The van der Waals surface area contributed by atoms with E-state index in [0.717, 1.165) is 25.5 Å². The molecule has 0 fully saturated rings. The molecule has 0 N–H and O–H groups in total. The average molecular weight is 432 g/mol. The van der Waals surface area contributed by atoms with E-state index in [4.69, 9.17) is 4.42 Å². The van der Waals surface area contributed by atoms with Crippen LogP contribution in [-0.2, 0) is 0 Å². The Morgan fingerprint density at radius 3 is 2.18 bits per heavy atom. The third-order valence-electron chi connectivity index (χ3n) is 3.99. The van der Waals surface area contributed by atoms with Gasteiger partial charge in [0.15, 0.2) is 0 Å². The molecule has 0 aliphatic carbocycles. The van der Waals surface area contributed by atoms with Gasteiger partial charge in [-0.25, -0.2) is 0 Å². The minimum atomic E-state index is 0.932. The molecular weight excluding hydrogens is 424 g/mol. The highest BCUT2D eigenvalue weighted by molar-refractivity contribution is 9.10. The highest BCUT2D eigenvalue weighted by atomic mass is 79.9. The van der Waals surface area contributed by atoms with Gasteiger partial charge in [0, 0.05) is 39.9 Å². The molecule has 0 amide bonds. The Labute approximate surface area is 146 Å². The van der Waals surface area contributed by atoms with Crippen LogP contribution in [0.3, 0.4) is 0 Å². The summed E-state index contributed by atoms with van der Waals surface area (Å²) in [5.74, 6) is 0. The van der Waals surface area contributed by atoms with E-state index in [9.17, 15) is 0 Å². The number of hydrogen-bond acceptors (Lipinski definition) is 2. The lowest BCUT2D eigenvalue weighted by atomic mass is 10.1. The zero-order chi connectivity index (χ0) is 14.8. The minimum absolute atomic E-state index is 0.932. The summed E-state index contributed by atoms with van der Waals surface area (Å²) in [6, 6.07) is 17.0. The van der Waals surface area contributed by atoms with Gasteiger partial charge in [-0.1, -0.05) is 31.9 Å². The molecule has 5 rings (SSSR count). The quantitative estimate of drug-likeness (QED) is 0.247. The second-order valence-electron chi connectivity index (χ2n) is 5.33. The van der Waals surface area contributed by atoms with Crippen molar-refractivity contribution < 1.29 is 4.42 Å². The average Bonchev–Trinajstić information content (AvgIpc) is 3.02. The molecule has 0 saturated heterocycles. The van der Waals surface area contributed by atoms with Crippen LogP contribution in [0.25, 0.3) is 42.1 Å². The van der Waals surface area contributed by atoms with Gasteiger partial charge in [-0.05, 0) is 48.5 Å². The van der Waals surface area contributed by atoms with Crippen LogP contribution < -0.4 is 0 Å². The third kappa shape index (κ3) is 1.81. The fourth-order valence-corrected chi connectivity index (χ4v) is 4.82. The summed E-state index contributed by atoms with van der Waals surface area (Å²) in [6.45, 7) is 0. The summed E-state index contributed by atoms with van der Waals surface area (Å²) in [5.41, 5.74) is 1.88. The maximum Gasteiger partial charge on any atom is 0.136 e. The van der Waals surface area contributed by atoms with Gasteiger partial charge in [0.05, 0.1) is 0 Å². The first-order chi connectivity index (χ1) is 10.7. The molecule has 3 aromatic carbocycles. The van der Waals surface area contributed by atoms with Crippen LogP contribution >= 0.6 is 43.2 Å². The maximum absolute atomic E-state index is 6.04. The fraction of sp³-hybridized carbons (Fsp3) is 0. The van der Waals surface area contributed by atoms with E-state index in [-0.39, 0.29) is 0 Å². The van der Waals surface area contributed by atoms with Crippen molar-refractivity contribution >= 4 is 85.3 Å². The Bertz CT molecular complexity index is 1100. The molecule has 0 aliphatic heterocycles. The first kappa shape index (κ1) is 13.1. The highest BCUT2D eigenvalue weighted by Gasteiger charge is 2.12. The van der Waals surface area contributed by atoms with Crippen LogP contribution in [0.1, 0.15) is 0 Å². The van der Waals surface area contributed by atoms with Crippen molar-refractivity contribution in [2.24, 2.45) is 0 Å². The molecule has 0 bridgehead atoms. The molecule has 5 aromatic rings. The number of fused-ring (bicyclic) bond motifs is 6. The van der Waals surface area contributed by atoms with Gasteiger partial charge in [-0.2, -0.15) is 0 Å². The Balaban J connectivity index is 1.99. The van der Waals surface area contributed by atoms with Crippen molar-refractivity contribution in [2.75, 3.05) is 0 Å². The van der Waals surface area contributed by atoms with Gasteiger partial charge in [-0.15, -0.1) is 11.3 Å². The molecular formula is C18H8Br2OS. The molecule has 4 heteroatoms. The van der Waals surface area contributed by atoms with E-state index in [1.54, 1.807) is 0 Å². The predicted molar refractivity (Wildman–Crippen MR) is 102 cm³/mol. The molecule has 0 atom stereocenters. The molecule has 2 heterocycles. The zero-order valence-corrected chi connectivity index (χ0v) is 15.2. The first-order valence-electron chi connectivity index (χ1n) is 6.83. The second-order valence-corrected chi connectivity index (χ2v) is 8.24. The molecule has 0 unspecified atom stereocenters. The van der Waals surface area contributed by atoms with Crippen molar-refractivity contribution in [3.8, 4) is 0 Å². The number of halogens is 2. The maximum atomic E-state index is 6.04. The van der Waals surface area contributed by atoms with Gasteiger partial charge < -0.3 is 4.42 Å². The van der Waals surface area contributed by atoms with Crippen molar-refractivity contribution in [1.82, 2.24) is 0 Å². The van der Waals surface area contributed by atoms with Crippen molar-refractivity contribution in [3.05, 3.63) is 57.5 Å². The lowest BCUT2D eigenvalue weighted by Crippen LogP contribution is -1.69. The van der Waals surface area contributed by atoms with Crippen LogP contribution in [0.15, 0.2) is 61.9 Å².